The van der Waals surface area contributed by atoms with Crippen molar-refractivity contribution in [3.8, 4) is 0 Å². The summed E-state index contributed by atoms with van der Waals surface area (Å²) in [6.07, 6.45) is 3.63. The number of aromatic nitrogens is 1. The summed E-state index contributed by atoms with van der Waals surface area (Å²) in [5.74, 6) is -0.0671. The molecule has 0 bridgehead atoms. The number of hydrogen-bond donors (Lipinski definition) is 2. The number of nitrogens with one attached hydrogen (secondary N) is 2. The van der Waals surface area contributed by atoms with Crippen LogP contribution < -0.4 is 5.32 Å². The number of aromatic amines is 1. The fourth-order valence-electron chi connectivity index (χ4n) is 3.52. The van der Waals surface area contributed by atoms with Gasteiger partial charge in [0.25, 0.3) is 5.91 Å². The SMILES string of the molecule is O=C(NCCCc1ccccc1)C1CN(C(=O)c2c[nH]c3ccccc23)C1. The lowest BCUT2D eigenvalue weighted by molar-refractivity contribution is -0.128. The van der Waals surface area contributed by atoms with E-state index in [0.29, 0.717) is 25.2 Å². The van der Waals surface area contributed by atoms with E-state index in [4.69, 9.17) is 0 Å². The third kappa shape index (κ3) is 3.72. The van der Waals surface area contributed by atoms with E-state index in [9.17, 15) is 9.59 Å². The van der Waals surface area contributed by atoms with Crippen LogP contribution in [0.1, 0.15) is 22.3 Å². The van der Waals surface area contributed by atoms with Crippen LogP contribution in [0.25, 0.3) is 10.9 Å². The first-order valence-corrected chi connectivity index (χ1v) is 9.39. The number of carbonyl (C=O) groups is 2. The van der Waals surface area contributed by atoms with Crippen molar-refractivity contribution in [3.05, 3.63) is 71.9 Å². The standard InChI is InChI=1S/C22H23N3O2/c26-21(23-12-6-9-16-7-2-1-3-8-16)17-14-25(15-17)22(27)19-13-24-20-11-5-4-10-18(19)20/h1-5,7-8,10-11,13,17,24H,6,9,12,14-15H2,(H,23,26). The largest absolute Gasteiger partial charge is 0.360 e. The number of H-pyrrole nitrogens is 1. The van der Waals surface area contributed by atoms with Gasteiger partial charge in [0.1, 0.15) is 0 Å². The third-order valence-electron chi connectivity index (χ3n) is 5.14. The first-order valence-electron chi connectivity index (χ1n) is 9.39. The maximum atomic E-state index is 12.7. The molecule has 0 radical (unpaired) electrons. The van der Waals surface area contributed by atoms with Crippen molar-refractivity contribution in [2.75, 3.05) is 19.6 Å². The molecule has 0 spiro atoms. The first kappa shape index (κ1) is 17.3. The van der Waals surface area contributed by atoms with Crippen LogP contribution >= 0.6 is 0 Å². The van der Waals surface area contributed by atoms with Crippen LogP contribution in [-0.4, -0.2) is 41.3 Å². The fourth-order valence-corrected chi connectivity index (χ4v) is 3.52. The summed E-state index contributed by atoms with van der Waals surface area (Å²) >= 11 is 0. The summed E-state index contributed by atoms with van der Waals surface area (Å²) in [4.78, 5) is 29.8. The Hall–Kier alpha value is -3.08. The molecule has 1 aliphatic heterocycles. The predicted molar refractivity (Wildman–Crippen MR) is 105 cm³/mol. The zero-order valence-electron chi connectivity index (χ0n) is 15.2. The summed E-state index contributed by atoms with van der Waals surface area (Å²) in [6.45, 7) is 1.65. The van der Waals surface area contributed by atoms with Crippen molar-refractivity contribution in [1.29, 1.82) is 0 Å². The Morgan fingerprint density at radius 1 is 1.04 bits per heavy atom. The molecular formula is C22H23N3O2. The molecule has 138 valence electrons. The number of fused-ring (bicyclic) bond motifs is 1. The Morgan fingerprint density at radius 3 is 2.59 bits per heavy atom. The van der Waals surface area contributed by atoms with E-state index in [1.165, 1.54) is 5.56 Å². The van der Waals surface area contributed by atoms with Crippen LogP contribution in [0.3, 0.4) is 0 Å². The summed E-state index contributed by atoms with van der Waals surface area (Å²) < 4.78 is 0. The van der Waals surface area contributed by atoms with Gasteiger partial charge in [-0.2, -0.15) is 0 Å². The van der Waals surface area contributed by atoms with Gasteiger partial charge in [-0.05, 0) is 24.5 Å². The fraction of sp³-hybridized carbons (Fsp3) is 0.273. The summed E-state index contributed by atoms with van der Waals surface area (Å²) in [7, 11) is 0. The molecule has 5 heteroatoms. The van der Waals surface area contributed by atoms with Crippen molar-refractivity contribution in [2.24, 2.45) is 5.92 Å². The van der Waals surface area contributed by atoms with Gasteiger partial charge in [0.15, 0.2) is 0 Å². The van der Waals surface area contributed by atoms with Gasteiger partial charge < -0.3 is 15.2 Å². The average molecular weight is 361 g/mol. The van der Waals surface area contributed by atoms with E-state index >= 15 is 0 Å². The number of para-hydroxylation sites is 1. The van der Waals surface area contributed by atoms with E-state index in [1.54, 1.807) is 11.1 Å². The van der Waals surface area contributed by atoms with E-state index < -0.39 is 0 Å². The lowest BCUT2D eigenvalue weighted by Gasteiger charge is -2.38. The normalized spacial score (nSPS) is 14.1. The molecule has 1 fully saturated rings. The highest BCUT2D eigenvalue weighted by Gasteiger charge is 2.36. The second-order valence-corrected chi connectivity index (χ2v) is 7.04. The number of likely N-dealkylation sites (tertiary alicyclic amines) is 1. The van der Waals surface area contributed by atoms with Crippen LogP contribution in [0.4, 0.5) is 0 Å². The molecule has 1 aromatic heterocycles. The highest BCUT2D eigenvalue weighted by atomic mass is 16.2. The van der Waals surface area contributed by atoms with Gasteiger partial charge in [0.2, 0.25) is 5.91 Å². The molecular weight excluding hydrogens is 338 g/mol. The number of benzene rings is 2. The Labute approximate surface area is 158 Å². The van der Waals surface area contributed by atoms with Crippen molar-refractivity contribution in [2.45, 2.75) is 12.8 Å². The molecule has 27 heavy (non-hydrogen) atoms. The maximum absolute atomic E-state index is 12.7. The Bertz CT molecular complexity index is 942. The maximum Gasteiger partial charge on any atom is 0.256 e. The highest BCUT2D eigenvalue weighted by Crippen LogP contribution is 2.24. The number of nitrogens with zero attached hydrogens (tertiary/aromatic N) is 1. The smallest absolute Gasteiger partial charge is 0.256 e. The summed E-state index contributed by atoms with van der Waals surface area (Å²) in [5, 5.41) is 3.92. The summed E-state index contributed by atoms with van der Waals surface area (Å²) in [5.41, 5.74) is 2.91. The molecule has 0 atom stereocenters. The molecule has 1 saturated heterocycles. The zero-order valence-corrected chi connectivity index (χ0v) is 15.2. The number of rotatable bonds is 6. The van der Waals surface area contributed by atoms with Gasteiger partial charge in [-0.25, -0.2) is 0 Å². The minimum absolute atomic E-state index is 0.0134. The van der Waals surface area contributed by atoms with Crippen molar-refractivity contribution < 1.29 is 9.59 Å². The van der Waals surface area contributed by atoms with Gasteiger partial charge in [-0.3, -0.25) is 9.59 Å². The van der Waals surface area contributed by atoms with Crippen LogP contribution in [0.15, 0.2) is 60.8 Å². The minimum atomic E-state index is -0.101. The quantitative estimate of drug-likeness (QED) is 0.663. The highest BCUT2D eigenvalue weighted by molar-refractivity contribution is 6.07. The van der Waals surface area contributed by atoms with Crippen molar-refractivity contribution in [1.82, 2.24) is 15.2 Å². The van der Waals surface area contributed by atoms with Crippen LogP contribution in [0.5, 0.6) is 0 Å². The van der Waals surface area contributed by atoms with Gasteiger partial charge in [-0.15, -0.1) is 0 Å². The van der Waals surface area contributed by atoms with Crippen molar-refractivity contribution in [3.63, 3.8) is 0 Å². The van der Waals surface area contributed by atoms with Gasteiger partial charge in [0.05, 0.1) is 11.5 Å². The third-order valence-corrected chi connectivity index (χ3v) is 5.14. The molecule has 2 amide bonds. The van der Waals surface area contributed by atoms with Gasteiger partial charge in [0, 0.05) is 36.7 Å². The topological polar surface area (TPSA) is 65.2 Å². The van der Waals surface area contributed by atoms with E-state index in [0.717, 1.165) is 23.7 Å². The lowest BCUT2D eigenvalue weighted by Crippen LogP contribution is -2.55. The number of aryl methyl sites for hydroxylation is 1. The van der Waals surface area contributed by atoms with Gasteiger partial charge >= 0.3 is 0 Å². The van der Waals surface area contributed by atoms with Gasteiger partial charge in [-0.1, -0.05) is 48.5 Å². The minimum Gasteiger partial charge on any atom is -0.360 e. The number of carbonyl (C=O) groups excluding carboxylic acids is 2. The summed E-state index contributed by atoms with van der Waals surface area (Å²) in [6, 6.07) is 18.0. The molecule has 3 aromatic rings. The van der Waals surface area contributed by atoms with Crippen LogP contribution in [0.2, 0.25) is 0 Å². The van der Waals surface area contributed by atoms with Crippen LogP contribution in [-0.2, 0) is 11.2 Å². The molecule has 5 nitrogen and oxygen atoms in total. The van der Waals surface area contributed by atoms with E-state index in [2.05, 4.69) is 22.4 Å². The monoisotopic (exact) mass is 361 g/mol. The second kappa shape index (κ2) is 7.66. The zero-order chi connectivity index (χ0) is 18.6. The lowest BCUT2D eigenvalue weighted by atomic mass is 9.97. The average Bonchev–Trinajstić information content (AvgIpc) is 3.09. The number of hydrogen-bond acceptors (Lipinski definition) is 2. The Kier molecular flexibility index (Phi) is 4.92. The Morgan fingerprint density at radius 2 is 1.78 bits per heavy atom. The molecule has 0 saturated carbocycles. The van der Waals surface area contributed by atoms with Crippen molar-refractivity contribution >= 4 is 22.7 Å². The van der Waals surface area contributed by atoms with E-state index in [1.807, 2.05) is 42.5 Å². The molecule has 2 aromatic carbocycles. The molecule has 4 rings (SSSR count). The number of amides is 2. The molecule has 2 N–H and O–H groups in total. The molecule has 0 aliphatic carbocycles. The predicted octanol–water partition coefficient (Wildman–Crippen LogP) is 2.99. The first-order chi connectivity index (χ1) is 13.2. The second-order valence-electron chi connectivity index (χ2n) is 7.04. The van der Waals surface area contributed by atoms with Crippen LogP contribution in [0, 0.1) is 5.92 Å². The molecule has 0 unspecified atom stereocenters. The van der Waals surface area contributed by atoms with E-state index in [-0.39, 0.29) is 17.7 Å². The molecule has 2 heterocycles. The Balaban J connectivity index is 1.23. The molecule has 1 aliphatic rings.